The first-order chi connectivity index (χ1) is 9.10. The van der Waals surface area contributed by atoms with E-state index in [1.54, 1.807) is 0 Å². The van der Waals surface area contributed by atoms with Gasteiger partial charge in [0.1, 0.15) is 11.6 Å². The van der Waals surface area contributed by atoms with E-state index in [1.807, 2.05) is 0 Å². The summed E-state index contributed by atoms with van der Waals surface area (Å²) in [7, 11) is 0. The minimum absolute atomic E-state index is 0.0375. The summed E-state index contributed by atoms with van der Waals surface area (Å²) in [6.45, 7) is 4.78. The lowest BCUT2D eigenvalue weighted by Gasteiger charge is -2.19. The van der Waals surface area contributed by atoms with Crippen molar-refractivity contribution in [3.63, 3.8) is 0 Å². The SMILES string of the molecule is CCN(CCNc1cc([N+](=O)[O-])cc(N)n1)C1CC1. The quantitative estimate of drug-likeness (QED) is 0.572. The highest BCUT2D eigenvalue weighted by Crippen LogP contribution is 2.26. The molecule has 0 amide bonds. The molecule has 104 valence electrons. The summed E-state index contributed by atoms with van der Waals surface area (Å²) >= 11 is 0. The lowest BCUT2D eigenvalue weighted by molar-refractivity contribution is -0.384. The third kappa shape index (κ3) is 3.78. The van der Waals surface area contributed by atoms with E-state index in [9.17, 15) is 10.1 Å². The van der Waals surface area contributed by atoms with Crippen LogP contribution in [0.5, 0.6) is 0 Å². The van der Waals surface area contributed by atoms with Crippen LogP contribution in [0.25, 0.3) is 0 Å². The summed E-state index contributed by atoms with van der Waals surface area (Å²) in [6, 6.07) is 3.38. The van der Waals surface area contributed by atoms with E-state index in [1.165, 1.54) is 25.0 Å². The molecular formula is C12H19N5O2. The number of nitro groups is 1. The topological polar surface area (TPSA) is 97.3 Å². The molecule has 0 saturated heterocycles. The molecule has 1 heterocycles. The Kier molecular flexibility index (Phi) is 4.16. The van der Waals surface area contributed by atoms with Crippen molar-refractivity contribution in [3.8, 4) is 0 Å². The van der Waals surface area contributed by atoms with Crippen LogP contribution in [-0.2, 0) is 0 Å². The molecule has 1 aromatic rings. The van der Waals surface area contributed by atoms with Crippen LogP contribution in [0.1, 0.15) is 19.8 Å². The Morgan fingerprint density at radius 1 is 1.58 bits per heavy atom. The Balaban J connectivity index is 1.89. The number of rotatable bonds is 7. The molecule has 1 fully saturated rings. The second kappa shape index (κ2) is 5.83. The Morgan fingerprint density at radius 3 is 2.89 bits per heavy atom. The van der Waals surface area contributed by atoms with E-state index in [2.05, 4.69) is 22.1 Å². The van der Waals surface area contributed by atoms with Crippen molar-refractivity contribution in [2.24, 2.45) is 0 Å². The zero-order valence-corrected chi connectivity index (χ0v) is 11.0. The van der Waals surface area contributed by atoms with E-state index >= 15 is 0 Å². The van der Waals surface area contributed by atoms with Gasteiger partial charge in [-0.25, -0.2) is 4.98 Å². The normalized spacial score (nSPS) is 14.6. The fraction of sp³-hybridized carbons (Fsp3) is 0.583. The standard InChI is InChI=1S/C12H19N5O2/c1-2-16(9-3-4-9)6-5-14-12-8-10(17(18)19)7-11(13)15-12/h7-9H,2-6H2,1H3,(H3,13,14,15). The molecule has 1 aliphatic rings. The molecule has 0 spiro atoms. The Morgan fingerprint density at radius 2 is 2.32 bits per heavy atom. The molecule has 1 aromatic heterocycles. The van der Waals surface area contributed by atoms with Crippen LogP contribution in [0.15, 0.2) is 12.1 Å². The van der Waals surface area contributed by atoms with E-state index in [0.717, 1.165) is 19.1 Å². The summed E-state index contributed by atoms with van der Waals surface area (Å²) < 4.78 is 0. The average molecular weight is 265 g/mol. The van der Waals surface area contributed by atoms with Gasteiger partial charge in [0.15, 0.2) is 0 Å². The van der Waals surface area contributed by atoms with Gasteiger partial charge in [-0.2, -0.15) is 0 Å². The number of aromatic nitrogens is 1. The fourth-order valence-corrected chi connectivity index (χ4v) is 2.10. The zero-order chi connectivity index (χ0) is 13.8. The molecule has 0 atom stereocenters. The number of nitrogens with two attached hydrogens (primary N) is 1. The monoisotopic (exact) mass is 265 g/mol. The summed E-state index contributed by atoms with van der Waals surface area (Å²) in [5, 5.41) is 13.8. The van der Waals surface area contributed by atoms with Crippen LogP contribution in [0.4, 0.5) is 17.3 Å². The van der Waals surface area contributed by atoms with Gasteiger partial charge in [0.2, 0.25) is 0 Å². The van der Waals surface area contributed by atoms with Crippen molar-refractivity contribution in [2.45, 2.75) is 25.8 Å². The number of likely N-dealkylation sites (N-methyl/N-ethyl adjacent to an activating group) is 1. The summed E-state index contributed by atoms with van der Waals surface area (Å²) in [5.41, 5.74) is 5.51. The highest BCUT2D eigenvalue weighted by Gasteiger charge is 2.27. The molecule has 0 bridgehead atoms. The van der Waals surface area contributed by atoms with Gasteiger partial charge in [0.05, 0.1) is 17.1 Å². The third-order valence-corrected chi connectivity index (χ3v) is 3.22. The van der Waals surface area contributed by atoms with Crippen LogP contribution >= 0.6 is 0 Å². The minimum atomic E-state index is -0.467. The summed E-state index contributed by atoms with van der Waals surface area (Å²) in [4.78, 5) is 16.7. The molecule has 0 radical (unpaired) electrons. The highest BCUT2D eigenvalue weighted by atomic mass is 16.6. The zero-order valence-electron chi connectivity index (χ0n) is 11.0. The number of nitrogens with zero attached hydrogens (tertiary/aromatic N) is 3. The van der Waals surface area contributed by atoms with Gasteiger partial charge in [-0.05, 0) is 19.4 Å². The van der Waals surface area contributed by atoms with Crippen molar-refractivity contribution in [2.75, 3.05) is 30.7 Å². The van der Waals surface area contributed by atoms with E-state index < -0.39 is 4.92 Å². The van der Waals surface area contributed by atoms with Crippen LogP contribution in [0, 0.1) is 10.1 Å². The predicted octanol–water partition coefficient (Wildman–Crippen LogP) is 1.47. The summed E-state index contributed by atoms with van der Waals surface area (Å²) in [5.74, 6) is 0.616. The maximum atomic E-state index is 10.7. The van der Waals surface area contributed by atoms with E-state index in [-0.39, 0.29) is 11.5 Å². The molecule has 7 heteroatoms. The molecule has 19 heavy (non-hydrogen) atoms. The van der Waals surface area contributed by atoms with Gasteiger partial charge in [0.25, 0.3) is 5.69 Å². The van der Waals surface area contributed by atoms with E-state index in [4.69, 9.17) is 5.73 Å². The first-order valence-electron chi connectivity index (χ1n) is 6.50. The molecule has 0 aromatic carbocycles. The number of nitrogens with one attached hydrogen (secondary N) is 1. The predicted molar refractivity (Wildman–Crippen MR) is 74.1 cm³/mol. The van der Waals surface area contributed by atoms with Gasteiger partial charge in [0, 0.05) is 19.1 Å². The van der Waals surface area contributed by atoms with Gasteiger partial charge >= 0.3 is 0 Å². The smallest absolute Gasteiger partial charge is 0.276 e. The van der Waals surface area contributed by atoms with E-state index in [0.29, 0.717) is 12.4 Å². The largest absolute Gasteiger partial charge is 0.383 e. The highest BCUT2D eigenvalue weighted by molar-refractivity contribution is 5.52. The lowest BCUT2D eigenvalue weighted by Crippen LogP contribution is -2.31. The number of pyridine rings is 1. The molecule has 7 nitrogen and oxygen atoms in total. The molecule has 1 aliphatic carbocycles. The van der Waals surface area contributed by atoms with Gasteiger partial charge in [-0.15, -0.1) is 0 Å². The Labute approximate surface area is 112 Å². The molecule has 0 unspecified atom stereocenters. The number of hydrogen-bond acceptors (Lipinski definition) is 6. The molecule has 2 rings (SSSR count). The Hall–Kier alpha value is -1.89. The average Bonchev–Trinajstić information content (AvgIpc) is 3.18. The second-order valence-corrected chi connectivity index (χ2v) is 4.68. The molecule has 0 aliphatic heterocycles. The van der Waals surface area contributed by atoms with Crippen LogP contribution < -0.4 is 11.1 Å². The second-order valence-electron chi connectivity index (χ2n) is 4.68. The maximum Gasteiger partial charge on any atom is 0.276 e. The maximum absolute atomic E-state index is 10.7. The van der Waals surface area contributed by atoms with Crippen molar-refractivity contribution < 1.29 is 4.92 Å². The fourth-order valence-electron chi connectivity index (χ4n) is 2.10. The van der Waals surface area contributed by atoms with Gasteiger partial charge in [-0.1, -0.05) is 6.92 Å². The molecular weight excluding hydrogens is 246 g/mol. The number of hydrogen-bond donors (Lipinski definition) is 2. The van der Waals surface area contributed by atoms with Crippen molar-refractivity contribution in [1.29, 1.82) is 0 Å². The van der Waals surface area contributed by atoms with Crippen molar-refractivity contribution in [3.05, 3.63) is 22.2 Å². The number of anilines is 2. The number of nitrogen functional groups attached to an aromatic ring is 1. The van der Waals surface area contributed by atoms with Crippen molar-refractivity contribution >= 4 is 17.3 Å². The minimum Gasteiger partial charge on any atom is -0.383 e. The van der Waals surface area contributed by atoms with Gasteiger partial charge in [-0.3, -0.25) is 15.0 Å². The van der Waals surface area contributed by atoms with Gasteiger partial charge < -0.3 is 11.1 Å². The Bertz CT molecular complexity index is 461. The first kappa shape index (κ1) is 13.5. The van der Waals surface area contributed by atoms with Crippen molar-refractivity contribution in [1.82, 2.24) is 9.88 Å². The summed E-state index contributed by atoms with van der Waals surface area (Å²) in [6.07, 6.45) is 2.55. The van der Waals surface area contributed by atoms with Crippen LogP contribution in [0.2, 0.25) is 0 Å². The first-order valence-corrected chi connectivity index (χ1v) is 6.50. The molecule has 1 saturated carbocycles. The molecule has 3 N–H and O–H groups in total. The van der Waals surface area contributed by atoms with Crippen LogP contribution in [-0.4, -0.2) is 40.5 Å². The van der Waals surface area contributed by atoms with Crippen LogP contribution in [0.3, 0.4) is 0 Å². The lowest BCUT2D eigenvalue weighted by atomic mass is 10.3. The third-order valence-electron chi connectivity index (χ3n) is 3.22.